The van der Waals surface area contributed by atoms with E-state index < -0.39 is 0 Å². The molecule has 1 aliphatic rings. The molecule has 68 heavy (non-hydrogen) atoms. The van der Waals surface area contributed by atoms with E-state index in [4.69, 9.17) is 0 Å². The molecular weight excluding hydrogens is 825 g/mol. The Balaban J connectivity index is 0.973. The van der Waals surface area contributed by atoms with Crippen molar-refractivity contribution in [3.63, 3.8) is 0 Å². The summed E-state index contributed by atoms with van der Waals surface area (Å²) in [6, 6.07) is 82.7. The fraction of sp³-hybridized carbons (Fsp3) is 0.0312. The average Bonchev–Trinajstić information content (AvgIpc) is 4.14. The summed E-state index contributed by atoms with van der Waals surface area (Å²) in [5.41, 5.74) is 17.6. The van der Waals surface area contributed by atoms with Gasteiger partial charge in [-0.3, -0.25) is 13.7 Å². The quantitative estimate of drug-likeness (QED) is 0.152. The van der Waals surface area contributed by atoms with Crippen molar-refractivity contribution in [1.29, 1.82) is 0 Å². The molecule has 4 aromatic heterocycles. The molecule has 14 rings (SSSR count). The second-order valence-corrected chi connectivity index (χ2v) is 18.1. The zero-order valence-electron chi connectivity index (χ0n) is 37.2. The number of fused-ring (bicyclic) bond motifs is 10. The van der Waals surface area contributed by atoms with Gasteiger partial charge in [-0.2, -0.15) is 0 Å². The molecule has 4 nitrogen and oxygen atoms in total. The molecule has 0 saturated heterocycles. The molecule has 1 atom stereocenters. The Bertz CT molecular complexity index is 4170. The van der Waals surface area contributed by atoms with Gasteiger partial charge >= 0.3 is 0 Å². The maximum Gasteiger partial charge on any atom is 0.131 e. The summed E-state index contributed by atoms with van der Waals surface area (Å²) in [4.78, 5) is 0. The van der Waals surface area contributed by atoms with Crippen molar-refractivity contribution in [1.82, 2.24) is 18.3 Å². The lowest BCUT2D eigenvalue weighted by atomic mass is 9.93. The van der Waals surface area contributed by atoms with Crippen LogP contribution in [0.15, 0.2) is 249 Å². The van der Waals surface area contributed by atoms with Crippen LogP contribution in [0.2, 0.25) is 0 Å². The highest BCUT2D eigenvalue weighted by atomic mass is 15.2. The van der Waals surface area contributed by atoms with Crippen LogP contribution in [0.4, 0.5) is 0 Å². The van der Waals surface area contributed by atoms with Crippen LogP contribution in [0.3, 0.4) is 0 Å². The van der Waals surface area contributed by atoms with Crippen molar-refractivity contribution in [2.45, 2.75) is 12.5 Å². The number of hydrogen-bond acceptors (Lipinski definition) is 0. The molecule has 0 aliphatic heterocycles. The van der Waals surface area contributed by atoms with Gasteiger partial charge in [0.05, 0.1) is 28.1 Å². The number of nitrogens with zero attached hydrogens (tertiary/aromatic N) is 4. The van der Waals surface area contributed by atoms with E-state index in [1.165, 1.54) is 76.7 Å². The molecule has 9 aromatic carbocycles. The number of allylic oxidation sites excluding steroid dienone is 4. The monoisotopic (exact) mass is 868 g/mol. The first-order chi connectivity index (χ1) is 33.8. The number of hydrogen-bond donors (Lipinski definition) is 0. The Morgan fingerprint density at radius 2 is 0.721 bits per heavy atom. The van der Waals surface area contributed by atoms with Crippen molar-refractivity contribution in [3.05, 3.63) is 249 Å². The smallest absolute Gasteiger partial charge is 0.131 e. The largest absolute Gasteiger partial charge is 0.319 e. The van der Waals surface area contributed by atoms with Gasteiger partial charge in [-0.25, -0.2) is 0 Å². The number of para-hydroxylation sites is 5. The maximum atomic E-state index is 2.57. The summed E-state index contributed by atoms with van der Waals surface area (Å²) < 4.78 is 9.97. The Kier molecular flexibility index (Phi) is 8.68. The lowest BCUT2D eigenvalue weighted by Crippen LogP contribution is -2.10. The molecule has 320 valence electrons. The molecule has 0 spiro atoms. The van der Waals surface area contributed by atoms with E-state index in [0.29, 0.717) is 0 Å². The first-order valence-electron chi connectivity index (χ1n) is 23.6. The van der Waals surface area contributed by atoms with Gasteiger partial charge in [0.1, 0.15) is 11.3 Å². The summed E-state index contributed by atoms with van der Waals surface area (Å²) in [6.45, 7) is 0. The zero-order chi connectivity index (χ0) is 44.7. The summed E-state index contributed by atoms with van der Waals surface area (Å²) in [6.07, 6.45) is 9.95. The lowest BCUT2D eigenvalue weighted by molar-refractivity contribution is 0.640. The van der Waals surface area contributed by atoms with Gasteiger partial charge in [0.15, 0.2) is 0 Å². The first kappa shape index (κ1) is 38.4. The molecule has 0 radical (unpaired) electrons. The lowest BCUT2D eigenvalue weighted by Gasteiger charge is -2.20. The number of rotatable bonds is 7. The van der Waals surface area contributed by atoms with Crippen LogP contribution in [0.1, 0.15) is 12.5 Å². The highest BCUT2D eigenvalue weighted by Gasteiger charge is 2.25. The van der Waals surface area contributed by atoms with E-state index in [1.54, 1.807) is 0 Å². The first-order valence-corrected chi connectivity index (χ1v) is 23.6. The van der Waals surface area contributed by atoms with Crippen LogP contribution >= 0.6 is 0 Å². The number of aromatic nitrogens is 4. The van der Waals surface area contributed by atoms with Gasteiger partial charge in [-0.15, -0.1) is 0 Å². The molecule has 0 fully saturated rings. The zero-order valence-corrected chi connectivity index (χ0v) is 37.2. The summed E-state index contributed by atoms with van der Waals surface area (Å²) in [5.74, 6) is 0. The third kappa shape index (κ3) is 5.87. The van der Waals surface area contributed by atoms with Crippen LogP contribution < -0.4 is 0 Å². The maximum absolute atomic E-state index is 2.57. The molecule has 0 bridgehead atoms. The Morgan fingerprint density at radius 3 is 1.26 bits per heavy atom. The van der Waals surface area contributed by atoms with Crippen LogP contribution in [0.25, 0.3) is 116 Å². The molecule has 0 N–H and O–H groups in total. The van der Waals surface area contributed by atoms with E-state index in [-0.39, 0.29) is 6.04 Å². The standard InChI is InChI=1S/C64H44N4/c1-4-20-43(21-5-1)46-38-47(44-22-18-28-51(41-44)67-59-36-16-12-32-55(59)61-53-30-10-14-34-57(53)65(63(61)67)49-24-6-2-7-25-49)40-48(39-46)45-23-19-29-52(42-45)68-60-37-17-13-33-56(60)62-54-31-11-15-35-58(54)66(64(62)68)50-26-8-3-9-27-50/h1-26,28-42,50H,27H2. The Labute approximate surface area is 393 Å². The third-order valence-corrected chi connectivity index (χ3v) is 14.2. The molecule has 0 saturated carbocycles. The molecular formula is C64H44N4. The van der Waals surface area contributed by atoms with Crippen molar-refractivity contribution in [2.24, 2.45) is 0 Å². The molecule has 1 unspecified atom stereocenters. The van der Waals surface area contributed by atoms with Crippen LogP contribution in [0.5, 0.6) is 0 Å². The summed E-state index contributed by atoms with van der Waals surface area (Å²) in [5, 5.41) is 7.61. The van der Waals surface area contributed by atoms with Gasteiger partial charge in [0, 0.05) is 49.4 Å². The van der Waals surface area contributed by atoms with Gasteiger partial charge in [0.2, 0.25) is 0 Å². The Morgan fingerprint density at radius 1 is 0.309 bits per heavy atom. The topological polar surface area (TPSA) is 19.7 Å². The van der Waals surface area contributed by atoms with Crippen LogP contribution in [-0.2, 0) is 0 Å². The Hall–Kier alpha value is -8.86. The highest BCUT2D eigenvalue weighted by molar-refractivity contribution is 6.23. The van der Waals surface area contributed by atoms with Crippen molar-refractivity contribution in [3.8, 4) is 50.4 Å². The van der Waals surface area contributed by atoms with Gasteiger partial charge in [-0.05, 0) is 119 Å². The van der Waals surface area contributed by atoms with E-state index in [0.717, 1.165) is 45.8 Å². The van der Waals surface area contributed by atoms with Gasteiger partial charge in [-0.1, -0.05) is 170 Å². The van der Waals surface area contributed by atoms with E-state index in [9.17, 15) is 0 Å². The number of benzene rings is 9. The predicted molar refractivity (Wildman–Crippen MR) is 286 cm³/mol. The molecule has 4 heterocycles. The van der Waals surface area contributed by atoms with Crippen LogP contribution in [-0.4, -0.2) is 18.3 Å². The predicted octanol–water partition coefficient (Wildman–Crippen LogP) is 16.8. The minimum absolute atomic E-state index is 0.205. The minimum Gasteiger partial charge on any atom is -0.319 e. The SMILES string of the molecule is C1=CCC(n2c3ccccc3c3c4ccccc4n(-c4cccc(-c5cc(-c6ccccc6)cc(-c6cccc(-n7c8ccccc8c8c9ccccc9n(-c9ccccc9)c87)c6)c5)c4)c32)C=C1. The summed E-state index contributed by atoms with van der Waals surface area (Å²) in [7, 11) is 0. The summed E-state index contributed by atoms with van der Waals surface area (Å²) >= 11 is 0. The highest BCUT2D eigenvalue weighted by Crippen LogP contribution is 2.44. The molecule has 0 amide bonds. The fourth-order valence-corrected chi connectivity index (χ4v) is 11.3. The van der Waals surface area contributed by atoms with E-state index >= 15 is 0 Å². The molecule has 4 heteroatoms. The van der Waals surface area contributed by atoms with Crippen molar-refractivity contribution < 1.29 is 0 Å². The van der Waals surface area contributed by atoms with Crippen molar-refractivity contribution in [2.75, 3.05) is 0 Å². The second kappa shape index (κ2) is 15.4. The van der Waals surface area contributed by atoms with Crippen molar-refractivity contribution >= 4 is 65.7 Å². The molecule has 13 aromatic rings. The van der Waals surface area contributed by atoms with Crippen LogP contribution in [0, 0.1) is 0 Å². The van der Waals surface area contributed by atoms with E-state index in [2.05, 4.69) is 267 Å². The third-order valence-electron chi connectivity index (χ3n) is 14.2. The normalized spacial score (nSPS) is 13.9. The van der Waals surface area contributed by atoms with Gasteiger partial charge < -0.3 is 4.57 Å². The minimum atomic E-state index is 0.205. The van der Waals surface area contributed by atoms with E-state index in [1.807, 2.05) is 0 Å². The fourth-order valence-electron chi connectivity index (χ4n) is 11.3. The second-order valence-electron chi connectivity index (χ2n) is 18.1. The average molecular weight is 869 g/mol. The van der Waals surface area contributed by atoms with Gasteiger partial charge in [0.25, 0.3) is 0 Å². The molecule has 1 aliphatic carbocycles.